The molecule has 106 valence electrons. The molecule has 0 aromatic heterocycles. The van der Waals surface area contributed by atoms with Gasteiger partial charge in [0.2, 0.25) is 10.0 Å². The Bertz CT molecular complexity index is 573. The van der Waals surface area contributed by atoms with Gasteiger partial charge in [0.25, 0.3) is 0 Å². The first kappa shape index (κ1) is 15.3. The standard InChI is InChI=1S/C10H15N3O5S/c1-7(6-18-2)12-19(16,17)9-5-3-4-8(11)10(9)13(14)15/h3-5,7,12H,6,11H2,1-2H3. The predicted molar refractivity (Wildman–Crippen MR) is 69.2 cm³/mol. The quantitative estimate of drug-likeness (QED) is 0.446. The smallest absolute Gasteiger partial charge is 0.312 e. The van der Waals surface area contributed by atoms with E-state index in [0.29, 0.717) is 0 Å². The van der Waals surface area contributed by atoms with Crippen LogP contribution in [0.3, 0.4) is 0 Å². The van der Waals surface area contributed by atoms with Crippen LogP contribution in [0.1, 0.15) is 6.92 Å². The van der Waals surface area contributed by atoms with Gasteiger partial charge in [0, 0.05) is 13.2 Å². The number of rotatable bonds is 6. The second-order valence-electron chi connectivity index (χ2n) is 3.93. The number of hydrogen-bond acceptors (Lipinski definition) is 6. The number of ether oxygens (including phenoxy) is 1. The molecule has 0 aliphatic rings. The van der Waals surface area contributed by atoms with Crippen molar-refractivity contribution in [3.05, 3.63) is 28.3 Å². The van der Waals surface area contributed by atoms with Crippen LogP contribution in [0, 0.1) is 10.1 Å². The Morgan fingerprint density at radius 2 is 2.16 bits per heavy atom. The molecule has 1 aromatic rings. The van der Waals surface area contributed by atoms with E-state index >= 15 is 0 Å². The number of hydrogen-bond donors (Lipinski definition) is 2. The second-order valence-corrected chi connectivity index (χ2v) is 5.61. The van der Waals surface area contributed by atoms with Crippen molar-refractivity contribution in [3.8, 4) is 0 Å². The van der Waals surface area contributed by atoms with Gasteiger partial charge in [-0.1, -0.05) is 6.07 Å². The maximum atomic E-state index is 12.1. The number of para-hydroxylation sites is 1. The number of nitrogen functional groups attached to an aromatic ring is 1. The van der Waals surface area contributed by atoms with Gasteiger partial charge in [0.05, 0.1) is 11.5 Å². The van der Waals surface area contributed by atoms with Crippen LogP contribution < -0.4 is 10.5 Å². The Morgan fingerprint density at radius 3 is 2.68 bits per heavy atom. The molecular weight excluding hydrogens is 274 g/mol. The van der Waals surface area contributed by atoms with Gasteiger partial charge in [-0.05, 0) is 19.1 Å². The van der Waals surface area contributed by atoms with Gasteiger partial charge in [0.15, 0.2) is 4.90 Å². The van der Waals surface area contributed by atoms with Crippen molar-refractivity contribution in [1.82, 2.24) is 4.72 Å². The van der Waals surface area contributed by atoms with Crippen molar-refractivity contribution in [2.24, 2.45) is 0 Å². The summed E-state index contributed by atoms with van der Waals surface area (Å²) in [4.78, 5) is 9.64. The molecule has 0 heterocycles. The topological polar surface area (TPSA) is 125 Å². The number of nitrogens with one attached hydrogen (secondary N) is 1. The first-order valence-corrected chi connectivity index (χ1v) is 6.82. The number of anilines is 1. The fourth-order valence-corrected chi connectivity index (χ4v) is 2.99. The van der Waals surface area contributed by atoms with E-state index in [0.717, 1.165) is 6.07 Å². The molecule has 0 spiro atoms. The largest absolute Gasteiger partial charge is 0.393 e. The molecule has 0 fully saturated rings. The van der Waals surface area contributed by atoms with Crippen LogP contribution in [-0.4, -0.2) is 33.1 Å². The van der Waals surface area contributed by atoms with E-state index in [1.54, 1.807) is 6.92 Å². The number of sulfonamides is 1. The fourth-order valence-electron chi connectivity index (χ4n) is 1.56. The Hall–Kier alpha value is -1.71. The molecule has 0 radical (unpaired) electrons. The molecule has 0 aliphatic heterocycles. The van der Waals surface area contributed by atoms with E-state index in [1.807, 2.05) is 0 Å². The third-order valence-electron chi connectivity index (χ3n) is 2.28. The molecular formula is C10H15N3O5S. The number of benzene rings is 1. The SMILES string of the molecule is COCC(C)NS(=O)(=O)c1cccc(N)c1[N+](=O)[O-]. The molecule has 0 bridgehead atoms. The maximum absolute atomic E-state index is 12.1. The number of nitro benzene ring substituents is 1. The van der Waals surface area contributed by atoms with E-state index in [1.165, 1.54) is 19.2 Å². The normalized spacial score (nSPS) is 13.2. The Balaban J connectivity index is 3.22. The van der Waals surface area contributed by atoms with Crippen LogP contribution >= 0.6 is 0 Å². The van der Waals surface area contributed by atoms with Gasteiger partial charge >= 0.3 is 5.69 Å². The van der Waals surface area contributed by atoms with Crippen LogP contribution in [0.5, 0.6) is 0 Å². The molecule has 0 saturated carbocycles. The summed E-state index contributed by atoms with van der Waals surface area (Å²) in [7, 11) is -2.61. The lowest BCUT2D eigenvalue weighted by Crippen LogP contribution is -2.35. The summed E-state index contributed by atoms with van der Waals surface area (Å²) in [5.74, 6) is 0. The molecule has 1 atom stereocenters. The lowest BCUT2D eigenvalue weighted by Gasteiger charge is -2.13. The molecule has 8 nitrogen and oxygen atoms in total. The van der Waals surface area contributed by atoms with E-state index in [-0.39, 0.29) is 12.3 Å². The minimum Gasteiger partial charge on any atom is -0.393 e. The van der Waals surface area contributed by atoms with Gasteiger partial charge in [-0.3, -0.25) is 10.1 Å². The van der Waals surface area contributed by atoms with Crippen LogP contribution in [0.2, 0.25) is 0 Å². The molecule has 0 saturated heterocycles. The Kier molecular flexibility index (Phi) is 4.81. The van der Waals surface area contributed by atoms with E-state index in [9.17, 15) is 18.5 Å². The zero-order valence-electron chi connectivity index (χ0n) is 10.5. The summed E-state index contributed by atoms with van der Waals surface area (Å²) in [5.41, 5.74) is 4.62. The van der Waals surface area contributed by atoms with Gasteiger partial charge < -0.3 is 10.5 Å². The lowest BCUT2D eigenvalue weighted by molar-refractivity contribution is -0.386. The second kappa shape index (κ2) is 5.95. The van der Waals surface area contributed by atoms with Gasteiger partial charge in [-0.25, -0.2) is 13.1 Å². The van der Waals surface area contributed by atoms with E-state index in [2.05, 4.69) is 4.72 Å². The van der Waals surface area contributed by atoms with Crippen LogP contribution in [0.4, 0.5) is 11.4 Å². The summed E-state index contributed by atoms with van der Waals surface area (Å²) in [5, 5.41) is 10.9. The average Bonchev–Trinajstić information content (AvgIpc) is 2.27. The third-order valence-corrected chi connectivity index (χ3v) is 3.90. The van der Waals surface area contributed by atoms with E-state index in [4.69, 9.17) is 10.5 Å². The summed E-state index contributed by atoms with van der Waals surface area (Å²) in [6, 6.07) is 3.24. The molecule has 9 heteroatoms. The van der Waals surface area contributed by atoms with Crippen molar-refractivity contribution >= 4 is 21.4 Å². The van der Waals surface area contributed by atoms with E-state index < -0.39 is 31.6 Å². The number of nitro groups is 1. The van der Waals surface area contributed by atoms with Crippen molar-refractivity contribution in [3.63, 3.8) is 0 Å². The Morgan fingerprint density at radius 1 is 1.53 bits per heavy atom. The monoisotopic (exact) mass is 289 g/mol. The summed E-state index contributed by atoms with van der Waals surface area (Å²) in [6.45, 7) is 1.73. The minimum absolute atomic E-state index is 0.148. The van der Waals surface area contributed by atoms with Crippen molar-refractivity contribution in [1.29, 1.82) is 0 Å². The Labute approximate surface area is 110 Å². The molecule has 1 aromatic carbocycles. The first-order chi connectivity index (χ1) is 8.79. The first-order valence-electron chi connectivity index (χ1n) is 5.33. The molecule has 1 rings (SSSR count). The summed E-state index contributed by atoms with van der Waals surface area (Å²) in [6.07, 6.45) is 0. The zero-order chi connectivity index (χ0) is 14.6. The molecule has 0 amide bonds. The molecule has 3 N–H and O–H groups in total. The highest BCUT2D eigenvalue weighted by Gasteiger charge is 2.29. The maximum Gasteiger partial charge on any atom is 0.312 e. The third kappa shape index (κ3) is 3.63. The lowest BCUT2D eigenvalue weighted by atomic mass is 10.3. The number of nitrogens with two attached hydrogens (primary N) is 1. The van der Waals surface area contributed by atoms with Gasteiger partial charge in [0.1, 0.15) is 5.69 Å². The zero-order valence-corrected chi connectivity index (χ0v) is 11.3. The average molecular weight is 289 g/mol. The number of nitrogens with zero attached hydrogens (tertiary/aromatic N) is 1. The fraction of sp³-hybridized carbons (Fsp3) is 0.400. The molecule has 1 unspecified atom stereocenters. The van der Waals surface area contributed by atoms with Crippen LogP contribution in [-0.2, 0) is 14.8 Å². The molecule has 0 aliphatic carbocycles. The van der Waals surface area contributed by atoms with Crippen LogP contribution in [0.15, 0.2) is 23.1 Å². The minimum atomic E-state index is -4.03. The van der Waals surface area contributed by atoms with Crippen molar-refractivity contribution in [2.75, 3.05) is 19.5 Å². The highest BCUT2D eigenvalue weighted by molar-refractivity contribution is 7.89. The van der Waals surface area contributed by atoms with Crippen molar-refractivity contribution in [2.45, 2.75) is 17.9 Å². The van der Waals surface area contributed by atoms with Crippen LogP contribution in [0.25, 0.3) is 0 Å². The highest BCUT2D eigenvalue weighted by atomic mass is 32.2. The van der Waals surface area contributed by atoms with Gasteiger partial charge in [-0.15, -0.1) is 0 Å². The predicted octanol–water partition coefficient (Wildman–Crippen LogP) is 0.490. The van der Waals surface area contributed by atoms with Gasteiger partial charge in [-0.2, -0.15) is 0 Å². The number of methoxy groups -OCH3 is 1. The highest BCUT2D eigenvalue weighted by Crippen LogP contribution is 2.29. The molecule has 19 heavy (non-hydrogen) atoms. The van der Waals surface area contributed by atoms with Crippen molar-refractivity contribution < 1.29 is 18.1 Å². The summed E-state index contributed by atoms with van der Waals surface area (Å²) < 4.78 is 31.2. The summed E-state index contributed by atoms with van der Waals surface area (Å²) >= 11 is 0.